The fourth-order valence-electron chi connectivity index (χ4n) is 3.71. The quantitative estimate of drug-likeness (QED) is 0.832. The summed E-state index contributed by atoms with van der Waals surface area (Å²) < 4.78 is 0. The van der Waals surface area contributed by atoms with Crippen LogP contribution < -0.4 is 5.32 Å². The number of carbonyl (C=O) groups excluding carboxylic acids is 1. The summed E-state index contributed by atoms with van der Waals surface area (Å²) in [7, 11) is 0. The van der Waals surface area contributed by atoms with Crippen LogP contribution >= 0.6 is 0 Å². The Labute approximate surface area is 121 Å². The fourth-order valence-corrected chi connectivity index (χ4v) is 3.71. The van der Waals surface area contributed by atoms with E-state index >= 15 is 0 Å². The van der Waals surface area contributed by atoms with Gasteiger partial charge in [0.2, 0.25) is 5.91 Å². The standard InChI is InChI=1S/C16H27NO3/c1-2-11-4-3-5-14(10-11)17-15(18)12-6-8-13(9-7-12)16(19)20/h11-14H,2-10H2,1H3,(H,17,18)(H,19,20). The van der Waals surface area contributed by atoms with Crippen molar-refractivity contribution < 1.29 is 14.7 Å². The lowest BCUT2D eigenvalue weighted by atomic mass is 9.80. The molecule has 4 nitrogen and oxygen atoms in total. The first kappa shape index (κ1) is 15.3. The molecular formula is C16H27NO3. The van der Waals surface area contributed by atoms with E-state index in [0.29, 0.717) is 18.9 Å². The molecule has 0 aromatic heterocycles. The summed E-state index contributed by atoms with van der Waals surface area (Å²) in [5.41, 5.74) is 0. The van der Waals surface area contributed by atoms with Crippen LogP contribution in [0.2, 0.25) is 0 Å². The molecule has 114 valence electrons. The minimum absolute atomic E-state index is 0.0348. The van der Waals surface area contributed by atoms with Crippen LogP contribution in [0.3, 0.4) is 0 Å². The van der Waals surface area contributed by atoms with Crippen LogP contribution in [-0.2, 0) is 9.59 Å². The van der Waals surface area contributed by atoms with Gasteiger partial charge < -0.3 is 10.4 Å². The Hall–Kier alpha value is -1.06. The van der Waals surface area contributed by atoms with Gasteiger partial charge in [0, 0.05) is 12.0 Å². The van der Waals surface area contributed by atoms with Gasteiger partial charge in [-0.05, 0) is 44.4 Å². The van der Waals surface area contributed by atoms with Gasteiger partial charge in [-0.2, -0.15) is 0 Å². The normalized spacial score (nSPS) is 34.5. The van der Waals surface area contributed by atoms with Crippen molar-refractivity contribution in [3.05, 3.63) is 0 Å². The minimum Gasteiger partial charge on any atom is -0.481 e. The average molecular weight is 281 g/mol. The predicted octanol–water partition coefficient (Wildman–Crippen LogP) is 2.96. The summed E-state index contributed by atoms with van der Waals surface area (Å²) in [5.74, 6) is 0.0140. The van der Waals surface area contributed by atoms with Crippen LogP contribution in [0.15, 0.2) is 0 Å². The molecule has 2 aliphatic carbocycles. The summed E-state index contributed by atoms with van der Waals surface area (Å²) in [6, 6.07) is 0.346. The fraction of sp³-hybridized carbons (Fsp3) is 0.875. The average Bonchev–Trinajstić information content (AvgIpc) is 2.47. The van der Waals surface area contributed by atoms with Gasteiger partial charge in [0.05, 0.1) is 5.92 Å². The zero-order valence-electron chi connectivity index (χ0n) is 12.4. The van der Waals surface area contributed by atoms with Crippen molar-refractivity contribution in [2.24, 2.45) is 17.8 Å². The topological polar surface area (TPSA) is 66.4 Å². The van der Waals surface area contributed by atoms with Gasteiger partial charge in [-0.3, -0.25) is 9.59 Å². The predicted molar refractivity (Wildman–Crippen MR) is 77.3 cm³/mol. The van der Waals surface area contributed by atoms with Crippen molar-refractivity contribution in [2.45, 2.75) is 70.8 Å². The minimum atomic E-state index is -0.707. The summed E-state index contributed by atoms with van der Waals surface area (Å²) in [5, 5.41) is 12.2. The van der Waals surface area contributed by atoms with Crippen molar-refractivity contribution >= 4 is 11.9 Å². The molecule has 20 heavy (non-hydrogen) atoms. The summed E-state index contributed by atoms with van der Waals surface area (Å²) in [6.07, 6.45) is 8.70. The molecule has 2 rings (SSSR count). The molecule has 0 radical (unpaired) electrons. The summed E-state index contributed by atoms with van der Waals surface area (Å²) >= 11 is 0. The Morgan fingerprint density at radius 2 is 1.70 bits per heavy atom. The largest absolute Gasteiger partial charge is 0.481 e. The molecule has 0 saturated heterocycles. The highest BCUT2D eigenvalue weighted by atomic mass is 16.4. The van der Waals surface area contributed by atoms with Gasteiger partial charge in [-0.25, -0.2) is 0 Å². The first-order valence-electron chi connectivity index (χ1n) is 8.13. The van der Waals surface area contributed by atoms with Crippen LogP contribution in [-0.4, -0.2) is 23.0 Å². The van der Waals surface area contributed by atoms with Gasteiger partial charge >= 0.3 is 5.97 Å². The molecule has 2 fully saturated rings. The van der Waals surface area contributed by atoms with Gasteiger partial charge in [-0.1, -0.05) is 26.2 Å². The zero-order valence-corrected chi connectivity index (χ0v) is 12.4. The second-order valence-corrected chi connectivity index (χ2v) is 6.53. The van der Waals surface area contributed by atoms with E-state index in [1.807, 2.05) is 0 Å². The maximum atomic E-state index is 12.3. The molecule has 1 amide bonds. The lowest BCUT2D eigenvalue weighted by Gasteiger charge is -2.31. The van der Waals surface area contributed by atoms with Crippen LogP contribution in [0.25, 0.3) is 0 Å². The van der Waals surface area contributed by atoms with Gasteiger partial charge in [0.25, 0.3) is 0 Å². The third-order valence-corrected chi connectivity index (χ3v) is 5.15. The maximum Gasteiger partial charge on any atom is 0.306 e. The molecule has 2 saturated carbocycles. The van der Waals surface area contributed by atoms with Crippen molar-refractivity contribution in [3.63, 3.8) is 0 Å². The number of hydrogen-bond donors (Lipinski definition) is 2. The van der Waals surface area contributed by atoms with Crippen molar-refractivity contribution in [3.8, 4) is 0 Å². The molecule has 0 aromatic rings. The summed E-state index contributed by atoms with van der Waals surface area (Å²) in [4.78, 5) is 23.2. The Balaban J connectivity index is 1.76. The number of aliphatic carboxylic acids is 1. The van der Waals surface area contributed by atoms with Gasteiger partial charge in [-0.15, -0.1) is 0 Å². The Morgan fingerprint density at radius 1 is 1.05 bits per heavy atom. The molecule has 0 aromatic carbocycles. The Morgan fingerprint density at radius 3 is 2.30 bits per heavy atom. The number of amides is 1. The van der Waals surface area contributed by atoms with E-state index in [4.69, 9.17) is 5.11 Å². The smallest absolute Gasteiger partial charge is 0.306 e. The third kappa shape index (κ3) is 3.97. The van der Waals surface area contributed by atoms with E-state index < -0.39 is 5.97 Å². The molecule has 2 aliphatic rings. The number of carboxylic acid groups (broad SMARTS) is 1. The lowest BCUT2D eigenvalue weighted by Crippen LogP contribution is -2.42. The summed E-state index contributed by atoms with van der Waals surface area (Å²) in [6.45, 7) is 2.22. The first-order chi connectivity index (χ1) is 9.60. The Bertz CT molecular complexity index is 348. The van der Waals surface area contributed by atoms with Crippen LogP contribution in [0, 0.1) is 17.8 Å². The monoisotopic (exact) mass is 281 g/mol. The van der Waals surface area contributed by atoms with E-state index in [1.54, 1.807) is 0 Å². The number of nitrogens with one attached hydrogen (secondary N) is 1. The van der Waals surface area contributed by atoms with Gasteiger partial charge in [0.15, 0.2) is 0 Å². The molecule has 0 heterocycles. The molecule has 0 bridgehead atoms. The lowest BCUT2D eigenvalue weighted by molar-refractivity contribution is -0.144. The molecule has 0 aliphatic heterocycles. The SMILES string of the molecule is CCC1CCCC(NC(=O)C2CCC(C(=O)O)CC2)C1. The van der Waals surface area contributed by atoms with Crippen LogP contribution in [0.1, 0.15) is 64.7 Å². The third-order valence-electron chi connectivity index (χ3n) is 5.15. The van der Waals surface area contributed by atoms with Gasteiger partial charge in [0.1, 0.15) is 0 Å². The second kappa shape index (κ2) is 7.09. The van der Waals surface area contributed by atoms with Crippen LogP contribution in [0.4, 0.5) is 0 Å². The molecule has 2 unspecified atom stereocenters. The van der Waals surface area contributed by atoms with E-state index in [9.17, 15) is 9.59 Å². The van der Waals surface area contributed by atoms with Crippen LogP contribution in [0.5, 0.6) is 0 Å². The molecule has 4 heteroatoms. The van der Waals surface area contributed by atoms with Crippen molar-refractivity contribution in [1.82, 2.24) is 5.32 Å². The van der Waals surface area contributed by atoms with E-state index in [-0.39, 0.29) is 17.7 Å². The molecule has 2 N–H and O–H groups in total. The molecule has 2 atom stereocenters. The van der Waals surface area contributed by atoms with Crippen molar-refractivity contribution in [1.29, 1.82) is 0 Å². The van der Waals surface area contributed by atoms with E-state index in [0.717, 1.165) is 31.6 Å². The first-order valence-corrected chi connectivity index (χ1v) is 8.13. The number of carboxylic acids is 1. The molecular weight excluding hydrogens is 254 g/mol. The Kier molecular flexibility index (Phi) is 5.44. The van der Waals surface area contributed by atoms with E-state index in [1.165, 1.54) is 19.3 Å². The second-order valence-electron chi connectivity index (χ2n) is 6.53. The number of carbonyl (C=O) groups is 2. The molecule has 0 spiro atoms. The number of hydrogen-bond acceptors (Lipinski definition) is 2. The zero-order chi connectivity index (χ0) is 14.5. The van der Waals surface area contributed by atoms with E-state index in [2.05, 4.69) is 12.2 Å². The number of rotatable bonds is 4. The highest BCUT2D eigenvalue weighted by Gasteiger charge is 2.31. The highest BCUT2D eigenvalue weighted by Crippen LogP contribution is 2.30. The maximum absolute atomic E-state index is 12.3. The highest BCUT2D eigenvalue weighted by molar-refractivity contribution is 5.79. The van der Waals surface area contributed by atoms with Crippen molar-refractivity contribution in [2.75, 3.05) is 0 Å².